The number of hydrogen-bond acceptors (Lipinski definition) is 7. The lowest BCUT2D eigenvalue weighted by molar-refractivity contribution is -0.385. The fraction of sp³-hybridized carbons (Fsp3) is 0.538. The molecule has 0 spiro atoms. The molecule has 4 rings (SSSR count). The summed E-state index contributed by atoms with van der Waals surface area (Å²) in [4.78, 5) is 34.6. The zero-order chi connectivity index (χ0) is 24.8. The number of amides is 1. The van der Waals surface area contributed by atoms with Gasteiger partial charge in [0.15, 0.2) is 0 Å². The number of benzene rings is 1. The summed E-state index contributed by atoms with van der Waals surface area (Å²) in [7, 11) is 0. The van der Waals surface area contributed by atoms with Crippen molar-refractivity contribution in [3.8, 4) is 0 Å². The fourth-order valence-corrected chi connectivity index (χ4v) is 4.95. The van der Waals surface area contributed by atoms with Gasteiger partial charge in [0.25, 0.3) is 5.69 Å². The maximum atomic E-state index is 12.7. The predicted molar refractivity (Wildman–Crippen MR) is 138 cm³/mol. The molecule has 2 aromatic rings. The van der Waals surface area contributed by atoms with Crippen molar-refractivity contribution in [1.29, 1.82) is 0 Å². The topological polar surface area (TPSA) is 94.8 Å². The summed E-state index contributed by atoms with van der Waals surface area (Å²) in [5.74, 6) is 0.249. The number of carbonyl (C=O) groups excluding carboxylic acids is 1. The highest BCUT2D eigenvalue weighted by Crippen LogP contribution is 2.24. The maximum Gasteiger partial charge on any atom is 0.272 e. The summed E-state index contributed by atoms with van der Waals surface area (Å²) < 4.78 is 0. The molecule has 188 valence electrons. The molecule has 1 amide bonds. The highest BCUT2D eigenvalue weighted by atomic mass is 16.6. The van der Waals surface area contributed by atoms with Crippen LogP contribution in [0.5, 0.6) is 0 Å². The van der Waals surface area contributed by atoms with Crippen molar-refractivity contribution in [3.05, 3.63) is 57.9 Å². The number of carbonyl (C=O) groups is 1. The Bertz CT molecular complexity index is 1010. The van der Waals surface area contributed by atoms with Crippen LogP contribution in [0.2, 0.25) is 0 Å². The number of nitro benzene ring substituents is 1. The number of hydrogen-bond donors (Lipinski definition) is 1. The van der Waals surface area contributed by atoms with Gasteiger partial charge in [-0.3, -0.25) is 24.8 Å². The molecule has 0 atom stereocenters. The van der Waals surface area contributed by atoms with Crippen LogP contribution in [0.25, 0.3) is 0 Å². The quantitative estimate of drug-likeness (QED) is 0.456. The zero-order valence-corrected chi connectivity index (χ0v) is 20.8. The van der Waals surface area contributed by atoms with Gasteiger partial charge in [-0.2, -0.15) is 0 Å². The van der Waals surface area contributed by atoms with Crippen molar-refractivity contribution in [2.24, 2.45) is 0 Å². The van der Waals surface area contributed by atoms with Crippen molar-refractivity contribution in [2.45, 2.75) is 45.6 Å². The molecule has 2 aliphatic heterocycles. The first-order valence-electron chi connectivity index (χ1n) is 12.6. The van der Waals surface area contributed by atoms with Gasteiger partial charge >= 0.3 is 0 Å². The number of aromatic nitrogens is 1. The second-order valence-electron chi connectivity index (χ2n) is 9.65. The molecule has 2 fully saturated rings. The van der Waals surface area contributed by atoms with Gasteiger partial charge in [-0.05, 0) is 63.9 Å². The zero-order valence-electron chi connectivity index (χ0n) is 20.8. The molecule has 0 aliphatic carbocycles. The van der Waals surface area contributed by atoms with E-state index in [1.807, 2.05) is 24.1 Å². The van der Waals surface area contributed by atoms with Crippen LogP contribution < -0.4 is 10.2 Å². The molecule has 2 saturated heterocycles. The van der Waals surface area contributed by atoms with Gasteiger partial charge in [0.2, 0.25) is 5.91 Å². The number of likely N-dealkylation sites (tertiary alicyclic amines) is 1. The van der Waals surface area contributed by atoms with E-state index in [0.717, 1.165) is 76.5 Å². The van der Waals surface area contributed by atoms with Crippen LogP contribution in [0.4, 0.5) is 17.1 Å². The van der Waals surface area contributed by atoms with E-state index in [0.29, 0.717) is 12.0 Å². The molecule has 0 radical (unpaired) electrons. The van der Waals surface area contributed by atoms with Gasteiger partial charge in [0, 0.05) is 74.7 Å². The lowest BCUT2D eigenvalue weighted by atomic mass is 10.0. The molecule has 2 aliphatic rings. The van der Waals surface area contributed by atoms with Crippen LogP contribution in [-0.4, -0.2) is 77.5 Å². The molecular formula is C26H36N6O3. The summed E-state index contributed by atoms with van der Waals surface area (Å²) in [6.45, 7) is 10.3. The molecule has 1 N–H and O–H groups in total. The standard InChI is InChI=1S/C26H36N6O3/c1-20-18-23(6-8-25(20)32(34)35)28-22-9-12-31(13-10-22)26(33)4-3-11-29-14-16-30(17-15-29)24-7-5-21(2)27-19-24/h5-8,18-19,22,28H,3-4,9-17H2,1-2H3. The fourth-order valence-electron chi connectivity index (χ4n) is 4.95. The van der Waals surface area contributed by atoms with Crippen molar-refractivity contribution in [3.63, 3.8) is 0 Å². The average molecular weight is 481 g/mol. The third kappa shape index (κ3) is 6.69. The Morgan fingerprint density at radius 2 is 1.83 bits per heavy atom. The van der Waals surface area contributed by atoms with E-state index in [-0.39, 0.29) is 22.6 Å². The number of aryl methyl sites for hydroxylation is 2. The van der Waals surface area contributed by atoms with E-state index in [4.69, 9.17) is 0 Å². The lowest BCUT2D eigenvalue weighted by Gasteiger charge is -2.36. The van der Waals surface area contributed by atoms with E-state index < -0.39 is 0 Å². The number of nitrogens with zero attached hydrogens (tertiary/aromatic N) is 5. The third-order valence-electron chi connectivity index (χ3n) is 7.11. The number of nitrogens with one attached hydrogen (secondary N) is 1. The van der Waals surface area contributed by atoms with Crippen molar-refractivity contribution >= 4 is 23.0 Å². The smallest absolute Gasteiger partial charge is 0.272 e. The molecule has 0 bridgehead atoms. The Labute approximate surface area is 207 Å². The van der Waals surface area contributed by atoms with Crippen molar-refractivity contribution < 1.29 is 9.72 Å². The average Bonchev–Trinajstić information content (AvgIpc) is 2.85. The first-order chi connectivity index (χ1) is 16.9. The molecule has 3 heterocycles. The molecule has 9 nitrogen and oxygen atoms in total. The normalized spacial score (nSPS) is 17.4. The molecule has 1 aromatic carbocycles. The summed E-state index contributed by atoms with van der Waals surface area (Å²) >= 11 is 0. The number of piperazine rings is 1. The van der Waals surface area contributed by atoms with Crippen LogP contribution in [-0.2, 0) is 4.79 Å². The Kier molecular flexibility index (Phi) is 8.17. The van der Waals surface area contributed by atoms with Crippen LogP contribution in [0.3, 0.4) is 0 Å². The summed E-state index contributed by atoms with van der Waals surface area (Å²) in [5.41, 5.74) is 3.92. The SMILES string of the molecule is Cc1ccc(N2CCN(CCCC(=O)N3CCC(Nc4ccc([N+](=O)[O-])c(C)c4)CC3)CC2)cn1. The van der Waals surface area contributed by atoms with Crippen LogP contribution >= 0.6 is 0 Å². The number of anilines is 2. The van der Waals surface area contributed by atoms with Crippen molar-refractivity contribution in [1.82, 2.24) is 14.8 Å². The minimum Gasteiger partial charge on any atom is -0.382 e. The van der Waals surface area contributed by atoms with Gasteiger partial charge in [-0.25, -0.2) is 0 Å². The number of rotatable bonds is 8. The van der Waals surface area contributed by atoms with E-state index in [1.165, 1.54) is 5.69 Å². The first-order valence-corrected chi connectivity index (χ1v) is 12.6. The highest BCUT2D eigenvalue weighted by Gasteiger charge is 2.23. The maximum absolute atomic E-state index is 12.7. The highest BCUT2D eigenvalue weighted by molar-refractivity contribution is 5.76. The van der Waals surface area contributed by atoms with E-state index in [2.05, 4.69) is 32.2 Å². The first kappa shape index (κ1) is 24.9. The minimum atomic E-state index is -0.355. The third-order valence-corrected chi connectivity index (χ3v) is 7.11. The Balaban J connectivity index is 1.13. The van der Waals surface area contributed by atoms with Crippen molar-refractivity contribution in [2.75, 3.05) is 56.0 Å². The van der Waals surface area contributed by atoms with Gasteiger partial charge in [-0.1, -0.05) is 0 Å². The molecule has 9 heteroatoms. The minimum absolute atomic E-state index is 0.140. The second-order valence-corrected chi connectivity index (χ2v) is 9.65. The number of piperidine rings is 1. The van der Waals surface area contributed by atoms with Gasteiger partial charge in [0.05, 0.1) is 16.8 Å². The summed E-state index contributed by atoms with van der Waals surface area (Å²) in [5, 5.41) is 14.5. The predicted octanol–water partition coefficient (Wildman–Crippen LogP) is 3.61. The van der Waals surface area contributed by atoms with Gasteiger partial charge in [-0.15, -0.1) is 0 Å². The molecule has 1 aromatic heterocycles. The molecule has 0 saturated carbocycles. The van der Waals surface area contributed by atoms with Gasteiger partial charge < -0.3 is 15.1 Å². The van der Waals surface area contributed by atoms with Crippen LogP contribution in [0.15, 0.2) is 36.5 Å². The second kappa shape index (κ2) is 11.5. The molecule has 0 unspecified atom stereocenters. The lowest BCUT2D eigenvalue weighted by Crippen LogP contribution is -2.47. The largest absolute Gasteiger partial charge is 0.382 e. The number of pyridine rings is 1. The van der Waals surface area contributed by atoms with E-state index in [9.17, 15) is 14.9 Å². The van der Waals surface area contributed by atoms with Crippen LogP contribution in [0, 0.1) is 24.0 Å². The Hall–Kier alpha value is -3.20. The number of nitro groups is 1. The van der Waals surface area contributed by atoms with Gasteiger partial charge in [0.1, 0.15) is 0 Å². The Morgan fingerprint density at radius 1 is 1.09 bits per heavy atom. The molecule has 35 heavy (non-hydrogen) atoms. The summed E-state index contributed by atoms with van der Waals surface area (Å²) in [6, 6.07) is 9.62. The summed E-state index contributed by atoms with van der Waals surface area (Å²) in [6.07, 6.45) is 5.22. The van der Waals surface area contributed by atoms with E-state index >= 15 is 0 Å². The Morgan fingerprint density at radius 3 is 2.46 bits per heavy atom. The van der Waals surface area contributed by atoms with E-state index in [1.54, 1.807) is 19.1 Å². The van der Waals surface area contributed by atoms with Crippen LogP contribution in [0.1, 0.15) is 36.9 Å². The molecular weight excluding hydrogens is 444 g/mol. The monoisotopic (exact) mass is 480 g/mol.